The number of benzene rings is 1. The zero-order chi connectivity index (χ0) is 13.8. The van der Waals surface area contributed by atoms with E-state index in [1.54, 1.807) is 7.11 Å². The highest BCUT2D eigenvalue weighted by Crippen LogP contribution is 2.28. The summed E-state index contributed by atoms with van der Waals surface area (Å²) in [6, 6.07) is 12.7. The number of aromatic nitrogens is 1. The minimum Gasteiger partial charge on any atom is -0.496 e. The Balaban J connectivity index is 2.30. The molecule has 2 rings (SSSR count). The molecule has 0 aliphatic heterocycles. The molecule has 1 heterocycles. The lowest BCUT2D eigenvalue weighted by Crippen LogP contribution is -2.23. The Kier molecular flexibility index (Phi) is 4.15. The first-order valence-electron chi connectivity index (χ1n) is 6.71. The van der Waals surface area contributed by atoms with Crippen LogP contribution in [0.3, 0.4) is 0 Å². The summed E-state index contributed by atoms with van der Waals surface area (Å²) in [5, 5.41) is 0. The van der Waals surface area contributed by atoms with Crippen molar-refractivity contribution >= 4 is 0 Å². The molecule has 1 unspecified atom stereocenters. The minimum absolute atomic E-state index is 0.237. The number of hydrogen-bond donors (Lipinski definition) is 1. The third-order valence-electron chi connectivity index (χ3n) is 3.48. The summed E-state index contributed by atoms with van der Waals surface area (Å²) in [7, 11) is 1.72. The SMILES string of the molecule is CCC(Nn1c(C)ccc1C)c1ccccc1OC. The molecule has 0 bridgehead atoms. The van der Waals surface area contributed by atoms with Crippen LogP contribution in [-0.2, 0) is 0 Å². The van der Waals surface area contributed by atoms with Crippen LogP contribution >= 0.6 is 0 Å². The number of hydrogen-bond acceptors (Lipinski definition) is 2. The van der Waals surface area contributed by atoms with Crippen LogP contribution in [0, 0.1) is 13.8 Å². The van der Waals surface area contributed by atoms with Crippen molar-refractivity contribution in [1.82, 2.24) is 4.68 Å². The Morgan fingerprint density at radius 2 is 1.74 bits per heavy atom. The molecule has 1 aromatic heterocycles. The van der Waals surface area contributed by atoms with E-state index in [2.05, 4.69) is 55.1 Å². The van der Waals surface area contributed by atoms with Gasteiger partial charge in [0.1, 0.15) is 5.75 Å². The fourth-order valence-electron chi connectivity index (χ4n) is 2.36. The lowest BCUT2D eigenvalue weighted by molar-refractivity contribution is 0.404. The van der Waals surface area contributed by atoms with E-state index < -0.39 is 0 Å². The maximum Gasteiger partial charge on any atom is 0.124 e. The Labute approximate surface area is 115 Å². The van der Waals surface area contributed by atoms with E-state index in [9.17, 15) is 0 Å². The van der Waals surface area contributed by atoms with Crippen molar-refractivity contribution in [3.05, 3.63) is 53.3 Å². The fourth-order valence-corrected chi connectivity index (χ4v) is 2.36. The summed E-state index contributed by atoms with van der Waals surface area (Å²) in [6.07, 6.45) is 0.997. The van der Waals surface area contributed by atoms with E-state index in [0.717, 1.165) is 12.2 Å². The smallest absolute Gasteiger partial charge is 0.124 e. The number of rotatable bonds is 5. The van der Waals surface area contributed by atoms with Crippen LogP contribution in [0.15, 0.2) is 36.4 Å². The number of aryl methyl sites for hydroxylation is 2. The van der Waals surface area contributed by atoms with Crippen LogP contribution in [0.25, 0.3) is 0 Å². The van der Waals surface area contributed by atoms with Gasteiger partial charge in [-0.3, -0.25) is 4.68 Å². The number of methoxy groups -OCH3 is 1. The van der Waals surface area contributed by atoms with Crippen LogP contribution in [0.1, 0.15) is 36.3 Å². The highest BCUT2D eigenvalue weighted by molar-refractivity contribution is 5.37. The second kappa shape index (κ2) is 5.83. The van der Waals surface area contributed by atoms with Gasteiger partial charge in [-0.15, -0.1) is 0 Å². The molecule has 0 fully saturated rings. The minimum atomic E-state index is 0.237. The van der Waals surface area contributed by atoms with Crippen LogP contribution in [0.2, 0.25) is 0 Å². The van der Waals surface area contributed by atoms with Crippen molar-refractivity contribution in [2.45, 2.75) is 33.2 Å². The molecular formula is C16H22N2O. The quantitative estimate of drug-likeness (QED) is 0.882. The van der Waals surface area contributed by atoms with E-state index in [1.807, 2.05) is 12.1 Å². The first kappa shape index (κ1) is 13.5. The van der Waals surface area contributed by atoms with Gasteiger partial charge in [0.15, 0.2) is 0 Å². The molecular weight excluding hydrogens is 236 g/mol. The molecule has 0 spiro atoms. The maximum atomic E-state index is 5.46. The number of nitrogens with zero attached hydrogens (tertiary/aromatic N) is 1. The largest absolute Gasteiger partial charge is 0.496 e. The first-order chi connectivity index (χ1) is 9.17. The molecule has 3 nitrogen and oxygen atoms in total. The molecule has 0 saturated heterocycles. The lowest BCUT2D eigenvalue weighted by atomic mass is 10.0. The molecule has 0 aliphatic carbocycles. The summed E-state index contributed by atoms with van der Waals surface area (Å²) in [6.45, 7) is 6.39. The van der Waals surface area contributed by atoms with Crippen molar-refractivity contribution in [2.24, 2.45) is 0 Å². The summed E-state index contributed by atoms with van der Waals surface area (Å²) in [5.41, 5.74) is 7.19. The predicted octanol–water partition coefficient (Wildman–Crippen LogP) is 3.81. The highest BCUT2D eigenvalue weighted by atomic mass is 16.5. The monoisotopic (exact) mass is 258 g/mol. The average molecular weight is 258 g/mol. The zero-order valence-corrected chi connectivity index (χ0v) is 12.1. The van der Waals surface area contributed by atoms with Crippen LogP contribution in [0.5, 0.6) is 5.75 Å². The summed E-state index contributed by atoms with van der Waals surface area (Å²) in [4.78, 5) is 0. The molecule has 0 radical (unpaired) electrons. The van der Waals surface area contributed by atoms with Gasteiger partial charge in [-0.05, 0) is 38.5 Å². The van der Waals surface area contributed by atoms with Gasteiger partial charge in [0.05, 0.1) is 13.2 Å². The molecule has 1 N–H and O–H groups in total. The summed E-state index contributed by atoms with van der Waals surface area (Å²) < 4.78 is 7.60. The van der Waals surface area contributed by atoms with Crippen molar-refractivity contribution in [2.75, 3.05) is 12.5 Å². The molecule has 1 aromatic carbocycles. The number of nitrogens with one attached hydrogen (secondary N) is 1. The summed E-state index contributed by atoms with van der Waals surface area (Å²) >= 11 is 0. The molecule has 102 valence electrons. The number of para-hydroxylation sites is 1. The summed E-state index contributed by atoms with van der Waals surface area (Å²) in [5.74, 6) is 0.935. The zero-order valence-electron chi connectivity index (χ0n) is 12.1. The van der Waals surface area contributed by atoms with Gasteiger partial charge >= 0.3 is 0 Å². The molecule has 0 aliphatic rings. The molecule has 0 saturated carbocycles. The van der Waals surface area contributed by atoms with Crippen molar-refractivity contribution in [3.63, 3.8) is 0 Å². The van der Waals surface area contributed by atoms with Gasteiger partial charge < -0.3 is 10.2 Å². The Bertz CT molecular complexity index is 526. The average Bonchev–Trinajstić information content (AvgIpc) is 2.76. The maximum absolute atomic E-state index is 5.46. The van der Waals surface area contributed by atoms with Crippen molar-refractivity contribution < 1.29 is 4.74 Å². The van der Waals surface area contributed by atoms with E-state index in [-0.39, 0.29) is 6.04 Å². The van der Waals surface area contributed by atoms with Gasteiger partial charge in [0.2, 0.25) is 0 Å². The van der Waals surface area contributed by atoms with Gasteiger partial charge in [0, 0.05) is 17.0 Å². The molecule has 0 amide bonds. The van der Waals surface area contributed by atoms with Crippen LogP contribution in [-0.4, -0.2) is 11.8 Å². The molecule has 19 heavy (non-hydrogen) atoms. The number of ether oxygens (including phenoxy) is 1. The van der Waals surface area contributed by atoms with E-state index in [0.29, 0.717) is 0 Å². The molecule has 1 atom stereocenters. The van der Waals surface area contributed by atoms with E-state index in [4.69, 9.17) is 4.74 Å². The van der Waals surface area contributed by atoms with Gasteiger partial charge in [0.25, 0.3) is 0 Å². The second-order valence-corrected chi connectivity index (χ2v) is 4.78. The van der Waals surface area contributed by atoms with Gasteiger partial charge in [-0.2, -0.15) is 0 Å². The van der Waals surface area contributed by atoms with Crippen LogP contribution < -0.4 is 10.2 Å². The third kappa shape index (κ3) is 2.75. The molecule has 2 aromatic rings. The van der Waals surface area contributed by atoms with E-state index >= 15 is 0 Å². The Hall–Kier alpha value is -1.90. The van der Waals surface area contributed by atoms with Crippen molar-refractivity contribution in [1.29, 1.82) is 0 Å². The predicted molar refractivity (Wildman–Crippen MR) is 79.3 cm³/mol. The second-order valence-electron chi connectivity index (χ2n) is 4.78. The highest BCUT2D eigenvalue weighted by Gasteiger charge is 2.15. The standard InChI is InChI=1S/C16H22N2O/c1-5-15(14-8-6-7-9-16(14)19-4)17-18-12(2)10-11-13(18)3/h6-11,15,17H,5H2,1-4H3. The van der Waals surface area contributed by atoms with Crippen molar-refractivity contribution in [3.8, 4) is 5.75 Å². The topological polar surface area (TPSA) is 26.2 Å². The Morgan fingerprint density at radius 1 is 1.11 bits per heavy atom. The lowest BCUT2D eigenvalue weighted by Gasteiger charge is -2.23. The van der Waals surface area contributed by atoms with Crippen LogP contribution in [0.4, 0.5) is 0 Å². The molecule has 3 heteroatoms. The first-order valence-corrected chi connectivity index (χ1v) is 6.71. The van der Waals surface area contributed by atoms with Gasteiger partial charge in [-0.1, -0.05) is 25.1 Å². The fraction of sp³-hybridized carbons (Fsp3) is 0.375. The third-order valence-corrected chi connectivity index (χ3v) is 3.48. The Morgan fingerprint density at radius 3 is 2.32 bits per heavy atom. The normalized spacial score (nSPS) is 12.2. The van der Waals surface area contributed by atoms with Gasteiger partial charge in [-0.25, -0.2) is 0 Å². The van der Waals surface area contributed by atoms with E-state index in [1.165, 1.54) is 17.0 Å².